The Hall–Kier alpha value is -3.27. The SMILES string of the molecule is Cc1noc(-c2ccc(-c3ccco3)cc2)c1Cc1ccccc1O. The summed E-state index contributed by atoms with van der Waals surface area (Å²) in [5, 5.41) is 14.2. The van der Waals surface area contributed by atoms with E-state index in [0.29, 0.717) is 6.42 Å². The topological polar surface area (TPSA) is 59.4 Å². The quantitative estimate of drug-likeness (QED) is 0.558. The predicted octanol–water partition coefficient (Wildman–Crippen LogP) is 5.21. The van der Waals surface area contributed by atoms with Crippen LogP contribution in [0.2, 0.25) is 0 Å². The summed E-state index contributed by atoms with van der Waals surface area (Å²) >= 11 is 0. The monoisotopic (exact) mass is 331 g/mol. The van der Waals surface area contributed by atoms with Crippen molar-refractivity contribution in [2.75, 3.05) is 0 Å². The van der Waals surface area contributed by atoms with Crippen LogP contribution in [-0.2, 0) is 6.42 Å². The number of aromatic hydroxyl groups is 1. The van der Waals surface area contributed by atoms with Gasteiger partial charge in [-0.1, -0.05) is 47.6 Å². The molecule has 0 unspecified atom stereocenters. The van der Waals surface area contributed by atoms with Crippen LogP contribution in [0.4, 0.5) is 0 Å². The van der Waals surface area contributed by atoms with Crippen molar-refractivity contribution in [3.63, 3.8) is 0 Å². The Balaban J connectivity index is 1.68. The molecular weight excluding hydrogens is 314 g/mol. The van der Waals surface area contributed by atoms with Crippen LogP contribution in [0.25, 0.3) is 22.6 Å². The first-order valence-electron chi connectivity index (χ1n) is 8.08. The highest BCUT2D eigenvalue weighted by molar-refractivity contribution is 5.67. The van der Waals surface area contributed by atoms with E-state index >= 15 is 0 Å². The summed E-state index contributed by atoms with van der Waals surface area (Å²) in [6, 6.07) is 19.1. The molecule has 124 valence electrons. The molecule has 2 aromatic heterocycles. The van der Waals surface area contributed by atoms with E-state index < -0.39 is 0 Å². The second-order valence-electron chi connectivity index (χ2n) is 5.94. The van der Waals surface area contributed by atoms with E-state index in [4.69, 9.17) is 8.94 Å². The van der Waals surface area contributed by atoms with Gasteiger partial charge in [-0.15, -0.1) is 0 Å². The van der Waals surface area contributed by atoms with Crippen molar-refractivity contribution in [2.24, 2.45) is 0 Å². The predicted molar refractivity (Wildman–Crippen MR) is 95.3 cm³/mol. The average molecular weight is 331 g/mol. The molecule has 0 saturated carbocycles. The fraction of sp³-hybridized carbons (Fsp3) is 0.0952. The van der Waals surface area contributed by atoms with Gasteiger partial charge in [0.05, 0.1) is 12.0 Å². The Labute approximate surface area is 145 Å². The highest BCUT2D eigenvalue weighted by Crippen LogP contribution is 2.31. The van der Waals surface area contributed by atoms with Gasteiger partial charge in [-0.2, -0.15) is 0 Å². The third-order valence-corrected chi connectivity index (χ3v) is 4.30. The zero-order valence-electron chi connectivity index (χ0n) is 13.8. The molecule has 0 radical (unpaired) electrons. The summed E-state index contributed by atoms with van der Waals surface area (Å²) in [6.07, 6.45) is 2.23. The molecule has 25 heavy (non-hydrogen) atoms. The first-order valence-corrected chi connectivity index (χ1v) is 8.08. The standard InChI is InChI=1S/C21H17NO3/c1-14-18(13-17-5-2-3-6-19(17)23)21(25-22-14)16-10-8-15(9-11-16)20-7-4-12-24-20/h2-12,23H,13H2,1H3. The molecule has 4 nitrogen and oxygen atoms in total. The van der Waals surface area contributed by atoms with Crippen molar-refractivity contribution in [1.29, 1.82) is 0 Å². The largest absolute Gasteiger partial charge is 0.508 e. The molecule has 0 saturated heterocycles. The van der Waals surface area contributed by atoms with Gasteiger partial charge in [-0.3, -0.25) is 0 Å². The number of aryl methyl sites for hydroxylation is 1. The van der Waals surface area contributed by atoms with Crippen molar-refractivity contribution in [1.82, 2.24) is 5.16 Å². The van der Waals surface area contributed by atoms with Crippen LogP contribution >= 0.6 is 0 Å². The first-order chi connectivity index (χ1) is 12.2. The number of rotatable bonds is 4. The lowest BCUT2D eigenvalue weighted by molar-refractivity contribution is 0.426. The molecule has 2 heterocycles. The van der Waals surface area contributed by atoms with Crippen molar-refractivity contribution >= 4 is 0 Å². The first kappa shape index (κ1) is 15.3. The second kappa shape index (κ2) is 6.32. The Morgan fingerprint density at radius 3 is 2.40 bits per heavy atom. The van der Waals surface area contributed by atoms with Gasteiger partial charge >= 0.3 is 0 Å². The van der Waals surface area contributed by atoms with Gasteiger partial charge in [0.25, 0.3) is 0 Å². The van der Waals surface area contributed by atoms with Gasteiger partial charge in [-0.05, 0) is 30.7 Å². The van der Waals surface area contributed by atoms with Crippen molar-refractivity contribution in [3.8, 4) is 28.4 Å². The van der Waals surface area contributed by atoms with E-state index in [1.165, 1.54) is 0 Å². The minimum atomic E-state index is 0.280. The molecule has 0 aliphatic heterocycles. The zero-order valence-corrected chi connectivity index (χ0v) is 13.8. The van der Waals surface area contributed by atoms with Crippen molar-refractivity contribution < 1.29 is 14.0 Å². The summed E-state index contributed by atoms with van der Waals surface area (Å²) in [5.74, 6) is 1.84. The summed E-state index contributed by atoms with van der Waals surface area (Å²) in [4.78, 5) is 0. The minimum absolute atomic E-state index is 0.280. The summed E-state index contributed by atoms with van der Waals surface area (Å²) in [6.45, 7) is 1.92. The van der Waals surface area contributed by atoms with Crippen LogP contribution < -0.4 is 0 Å². The second-order valence-corrected chi connectivity index (χ2v) is 5.94. The van der Waals surface area contributed by atoms with Crippen molar-refractivity contribution in [2.45, 2.75) is 13.3 Å². The molecule has 0 aliphatic rings. The maximum absolute atomic E-state index is 10.0. The number of phenolic OH excluding ortho intramolecular Hbond substituents is 1. The minimum Gasteiger partial charge on any atom is -0.508 e. The number of nitrogens with zero attached hydrogens (tertiary/aromatic N) is 1. The fourth-order valence-electron chi connectivity index (χ4n) is 2.90. The summed E-state index contributed by atoms with van der Waals surface area (Å²) < 4.78 is 11.0. The Morgan fingerprint density at radius 1 is 0.920 bits per heavy atom. The molecular formula is C21H17NO3. The molecule has 0 bridgehead atoms. The van der Waals surface area contributed by atoms with E-state index in [1.807, 2.05) is 61.5 Å². The Morgan fingerprint density at radius 2 is 1.68 bits per heavy atom. The molecule has 0 amide bonds. The number of hydrogen-bond acceptors (Lipinski definition) is 4. The number of hydrogen-bond donors (Lipinski definition) is 1. The molecule has 4 heteroatoms. The molecule has 0 fully saturated rings. The number of furan rings is 1. The maximum atomic E-state index is 10.0. The lowest BCUT2D eigenvalue weighted by Crippen LogP contribution is -1.92. The third kappa shape index (κ3) is 2.94. The lowest BCUT2D eigenvalue weighted by Gasteiger charge is -2.06. The van der Waals surface area contributed by atoms with Crippen LogP contribution in [-0.4, -0.2) is 10.3 Å². The smallest absolute Gasteiger partial charge is 0.170 e. The molecule has 1 N–H and O–H groups in total. The molecule has 4 aromatic rings. The maximum Gasteiger partial charge on any atom is 0.170 e. The van der Waals surface area contributed by atoms with Crippen LogP contribution in [0.5, 0.6) is 5.75 Å². The number of para-hydroxylation sites is 1. The van der Waals surface area contributed by atoms with Gasteiger partial charge in [-0.25, -0.2) is 0 Å². The van der Waals surface area contributed by atoms with Crippen LogP contribution in [0.15, 0.2) is 75.9 Å². The lowest BCUT2D eigenvalue weighted by atomic mass is 9.98. The van der Waals surface area contributed by atoms with Gasteiger partial charge in [0.1, 0.15) is 11.5 Å². The van der Waals surface area contributed by atoms with Gasteiger partial charge in [0, 0.05) is 23.1 Å². The third-order valence-electron chi connectivity index (χ3n) is 4.30. The molecule has 4 rings (SSSR count). The van der Waals surface area contributed by atoms with E-state index in [0.717, 1.165) is 39.5 Å². The highest BCUT2D eigenvalue weighted by Gasteiger charge is 2.17. The molecule has 2 aromatic carbocycles. The summed E-state index contributed by atoms with van der Waals surface area (Å²) in [7, 11) is 0. The van der Waals surface area contributed by atoms with E-state index in [-0.39, 0.29) is 5.75 Å². The van der Waals surface area contributed by atoms with Crippen molar-refractivity contribution in [3.05, 3.63) is 83.7 Å². The number of aromatic nitrogens is 1. The van der Waals surface area contributed by atoms with E-state index in [9.17, 15) is 5.11 Å². The van der Waals surface area contributed by atoms with Crippen LogP contribution in [0.1, 0.15) is 16.8 Å². The number of phenols is 1. The molecule has 0 atom stereocenters. The van der Waals surface area contributed by atoms with Crippen LogP contribution in [0.3, 0.4) is 0 Å². The Bertz CT molecular complexity index is 982. The normalized spacial score (nSPS) is 10.9. The fourth-order valence-corrected chi connectivity index (χ4v) is 2.90. The molecule has 0 aliphatic carbocycles. The zero-order chi connectivity index (χ0) is 17.2. The molecule has 0 spiro atoms. The van der Waals surface area contributed by atoms with E-state index in [2.05, 4.69) is 5.16 Å². The van der Waals surface area contributed by atoms with Crippen LogP contribution in [0, 0.1) is 6.92 Å². The van der Waals surface area contributed by atoms with E-state index in [1.54, 1.807) is 12.3 Å². The Kier molecular flexibility index (Phi) is 3.86. The summed E-state index contributed by atoms with van der Waals surface area (Å²) in [5.41, 5.74) is 4.61. The average Bonchev–Trinajstić information content (AvgIpc) is 3.28. The number of benzene rings is 2. The van der Waals surface area contributed by atoms with Gasteiger partial charge < -0.3 is 14.0 Å². The van der Waals surface area contributed by atoms with Gasteiger partial charge in [0.2, 0.25) is 0 Å². The van der Waals surface area contributed by atoms with Gasteiger partial charge in [0.15, 0.2) is 5.76 Å². The highest BCUT2D eigenvalue weighted by atomic mass is 16.5.